The van der Waals surface area contributed by atoms with Crippen molar-refractivity contribution in [3.8, 4) is 5.75 Å². The lowest BCUT2D eigenvalue weighted by Gasteiger charge is -2.23. The predicted octanol–water partition coefficient (Wildman–Crippen LogP) is 1.72. The van der Waals surface area contributed by atoms with Crippen LogP contribution in [0.25, 0.3) is 0 Å². The van der Waals surface area contributed by atoms with Crippen LogP contribution in [0.4, 0.5) is 0 Å². The van der Waals surface area contributed by atoms with E-state index in [9.17, 15) is 0 Å². The average Bonchev–Trinajstić information content (AvgIpc) is 2.32. The van der Waals surface area contributed by atoms with Crippen molar-refractivity contribution in [3.63, 3.8) is 0 Å². The number of nitrogens with one attached hydrogen (secondary N) is 1. The average molecular weight is 234 g/mol. The van der Waals surface area contributed by atoms with Crippen molar-refractivity contribution < 1.29 is 9.47 Å². The molecule has 0 bridgehead atoms. The number of amidine groups is 1. The van der Waals surface area contributed by atoms with Gasteiger partial charge < -0.3 is 15.2 Å². The zero-order chi connectivity index (χ0) is 12.1. The summed E-state index contributed by atoms with van der Waals surface area (Å²) in [7, 11) is 0. The van der Waals surface area contributed by atoms with Crippen LogP contribution in [-0.4, -0.2) is 25.2 Å². The molecule has 3 N–H and O–H groups in total. The Morgan fingerprint density at radius 2 is 1.94 bits per heavy atom. The van der Waals surface area contributed by atoms with E-state index in [1.807, 2.05) is 24.3 Å². The van der Waals surface area contributed by atoms with Gasteiger partial charge in [0.05, 0.1) is 19.0 Å². The number of nitrogens with two attached hydrogens (primary N) is 1. The van der Waals surface area contributed by atoms with Crippen molar-refractivity contribution in [1.29, 1.82) is 5.41 Å². The van der Waals surface area contributed by atoms with Gasteiger partial charge in [-0.2, -0.15) is 0 Å². The molecule has 1 aliphatic heterocycles. The Morgan fingerprint density at radius 3 is 2.53 bits per heavy atom. The van der Waals surface area contributed by atoms with Crippen LogP contribution < -0.4 is 10.5 Å². The van der Waals surface area contributed by atoms with Crippen LogP contribution in [-0.2, 0) is 11.2 Å². The number of benzene rings is 1. The fraction of sp³-hybridized carbons (Fsp3) is 0.462. The zero-order valence-electron chi connectivity index (χ0n) is 9.82. The maximum absolute atomic E-state index is 7.22. The molecule has 92 valence electrons. The molecule has 1 fully saturated rings. The van der Waals surface area contributed by atoms with Gasteiger partial charge in [-0.25, -0.2) is 0 Å². The molecule has 1 heterocycles. The van der Waals surface area contributed by atoms with Gasteiger partial charge >= 0.3 is 0 Å². The Kier molecular flexibility index (Phi) is 3.98. The summed E-state index contributed by atoms with van der Waals surface area (Å²) < 4.78 is 11.1. The second-order valence-corrected chi connectivity index (χ2v) is 4.28. The van der Waals surface area contributed by atoms with Crippen molar-refractivity contribution in [2.75, 3.05) is 13.2 Å². The van der Waals surface area contributed by atoms with Gasteiger partial charge in [0, 0.05) is 19.3 Å². The van der Waals surface area contributed by atoms with Crippen molar-refractivity contribution in [2.24, 2.45) is 5.73 Å². The van der Waals surface area contributed by atoms with Gasteiger partial charge in [0.1, 0.15) is 11.9 Å². The van der Waals surface area contributed by atoms with Crippen molar-refractivity contribution in [3.05, 3.63) is 29.8 Å². The van der Waals surface area contributed by atoms with E-state index in [2.05, 4.69) is 0 Å². The summed E-state index contributed by atoms with van der Waals surface area (Å²) in [6, 6.07) is 7.79. The minimum atomic E-state index is 0.183. The van der Waals surface area contributed by atoms with E-state index in [-0.39, 0.29) is 11.9 Å². The van der Waals surface area contributed by atoms with Gasteiger partial charge in [-0.15, -0.1) is 0 Å². The first-order valence-corrected chi connectivity index (χ1v) is 5.90. The van der Waals surface area contributed by atoms with Crippen LogP contribution in [0.2, 0.25) is 0 Å². The molecule has 4 nitrogen and oxygen atoms in total. The van der Waals surface area contributed by atoms with E-state index < -0.39 is 0 Å². The van der Waals surface area contributed by atoms with Crippen LogP contribution in [0.15, 0.2) is 24.3 Å². The summed E-state index contributed by atoms with van der Waals surface area (Å²) in [5, 5.41) is 7.22. The minimum absolute atomic E-state index is 0.183. The van der Waals surface area contributed by atoms with Gasteiger partial charge in [-0.3, -0.25) is 5.41 Å². The summed E-state index contributed by atoms with van der Waals surface area (Å²) in [5.41, 5.74) is 6.39. The van der Waals surface area contributed by atoms with E-state index in [0.717, 1.165) is 37.4 Å². The SMILES string of the molecule is N=C(N)Cc1ccc(OC2CCOCC2)cc1. The van der Waals surface area contributed by atoms with Crippen LogP contribution in [0.3, 0.4) is 0 Å². The van der Waals surface area contributed by atoms with Crippen LogP contribution in [0.1, 0.15) is 18.4 Å². The Morgan fingerprint density at radius 1 is 1.29 bits per heavy atom. The molecule has 1 aromatic rings. The minimum Gasteiger partial charge on any atom is -0.490 e. The van der Waals surface area contributed by atoms with Gasteiger partial charge in [-0.05, 0) is 17.7 Å². The Bertz CT molecular complexity index is 370. The molecule has 0 unspecified atom stereocenters. The molecule has 0 amide bonds. The molecule has 1 aliphatic rings. The predicted molar refractivity (Wildman–Crippen MR) is 66.5 cm³/mol. The molecular weight excluding hydrogens is 216 g/mol. The lowest BCUT2D eigenvalue weighted by molar-refractivity contribution is 0.0255. The topological polar surface area (TPSA) is 68.3 Å². The monoisotopic (exact) mass is 234 g/mol. The van der Waals surface area contributed by atoms with Crippen molar-refractivity contribution in [1.82, 2.24) is 0 Å². The Hall–Kier alpha value is -1.55. The van der Waals surface area contributed by atoms with E-state index in [1.165, 1.54) is 0 Å². The number of rotatable bonds is 4. The molecule has 0 aliphatic carbocycles. The summed E-state index contributed by atoms with van der Waals surface area (Å²) in [6.07, 6.45) is 2.67. The molecule has 0 aromatic heterocycles. The van der Waals surface area contributed by atoms with Crippen LogP contribution >= 0.6 is 0 Å². The molecule has 1 saturated heterocycles. The first-order valence-electron chi connectivity index (χ1n) is 5.90. The molecule has 0 saturated carbocycles. The second kappa shape index (κ2) is 5.68. The van der Waals surface area contributed by atoms with Crippen molar-refractivity contribution >= 4 is 5.84 Å². The number of hydrogen-bond donors (Lipinski definition) is 2. The van der Waals surface area contributed by atoms with E-state index in [0.29, 0.717) is 6.42 Å². The molecule has 0 radical (unpaired) electrons. The van der Waals surface area contributed by atoms with E-state index >= 15 is 0 Å². The summed E-state index contributed by atoms with van der Waals surface area (Å²) >= 11 is 0. The maximum atomic E-state index is 7.22. The highest BCUT2D eigenvalue weighted by atomic mass is 16.5. The van der Waals surface area contributed by atoms with Gasteiger partial charge in [0.15, 0.2) is 0 Å². The molecule has 0 atom stereocenters. The lowest BCUT2D eigenvalue weighted by Crippen LogP contribution is -2.25. The highest BCUT2D eigenvalue weighted by Crippen LogP contribution is 2.18. The smallest absolute Gasteiger partial charge is 0.119 e. The number of ether oxygens (including phenoxy) is 2. The zero-order valence-corrected chi connectivity index (χ0v) is 9.82. The maximum Gasteiger partial charge on any atom is 0.119 e. The molecular formula is C13H18N2O2. The molecule has 4 heteroatoms. The Balaban J connectivity index is 1.90. The Labute approximate surface area is 101 Å². The molecule has 17 heavy (non-hydrogen) atoms. The van der Waals surface area contributed by atoms with Gasteiger partial charge in [0.25, 0.3) is 0 Å². The summed E-state index contributed by atoms with van der Waals surface area (Å²) in [4.78, 5) is 0. The van der Waals surface area contributed by atoms with Crippen molar-refractivity contribution in [2.45, 2.75) is 25.4 Å². The largest absolute Gasteiger partial charge is 0.490 e. The number of hydrogen-bond acceptors (Lipinski definition) is 3. The van der Waals surface area contributed by atoms with Gasteiger partial charge in [0.2, 0.25) is 0 Å². The first kappa shape index (κ1) is 11.9. The standard InChI is InChI=1S/C13H18N2O2/c14-13(15)9-10-1-3-11(4-2-10)17-12-5-7-16-8-6-12/h1-4,12H,5-9H2,(H3,14,15). The fourth-order valence-electron chi connectivity index (χ4n) is 1.89. The summed E-state index contributed by atoms with van der Waals surface area (Å²) in [5.74, 6) is 1.06. The van der Waals surface area contributed by atoms with E-state index in [1.54, 1.807) is 0 Å². The quantitative estimate of drug-likeness (QED) is 0.615. The highest BCUT2D eigenvalue weighted by molar-refractivity contribution is 5.79. The fourth-order valence-corrected chi connectivity index (χ4v) is 1.89. The third kappa shape index (κ3) is 3.75. The molecule has 1 aromatic carbocycles. The summed E-state index contributed by atoms with van der Waals surface area (Å²) in [6.45, 7) is 1.57. The molecule has 0 spiro atoms. The van der Waals surface area contributed by atoms with Crippen LogP contribution in [0, 0.1) is 5.41 Å². The second-order valence-electron chi connectivity index (χ2n) is 4.28. The van der Waals surface area contributed by atoms with Crippen LogP contribution in [0.5, 0.6) is 5.75 Å². The van der Waals surface area contributed by atoms with E-state index in [4.69, 9.17) is 20.6 Å². The highest BCUT2D eigenvalue weighted by Gasteiger charge is 2.14. The molecule has 2 rings (SSSR count). The third-order valence-electron chi connectivity index (χ3n) is 2.79. The normalized spacial score (nSPS) is 16.7. The third-order valence-corrected chi connectivity index (χ3v) is 2.79. The lowest BCUT2D eigenvalue weighted by atomic mass is 10.1. The van der Waals surface area contributed by atoms with Gasteiger partial charge in [-0.1, -0.05) is 12.1 Å². The first-order chi connectivity index (χ1) is 8.24.